The molecule has 0 saturated heterocycles. The summed E-state index contributed by atoms with van der Waals surface area (Å²) in [6.45, 7) is 0. The van der Waals surface area contributed by atoms with E-state index in [0.29, 0.717) is 0 Å². The molecule has 0 radical (unpaired) electrons. The standard InChI is InChI=1S/C5H12N2O2/c1-7-5(8)3-4(6)9-2/h5-8H,3H2,1-2H3. The molecule has 0 amide bonds. The van der Waals surface area contributed by atoms with Gasteiger partial charge in [0.15, 0.2) is 5.90 Å². The number of ether oxygens (including phenoxy) is 1. The van der Waals surface area contributed by atoms with Crippen LogP contribution in [0.4, 0.5) is 0 Å². The molecule has 4 nitrogen and oxygen atoms in total. The normalized spacial score (nSPS) is 12.8. The fourth-order valence-electron chi connectivity index (χ4n) is 0.361. The summed E-state index contributed by atoms with van der Waals surface area (Å²) in [4.78, 5) is 0. The summed E-state index contributed by atoms with van der Waals surface area (Å²) in [5.74, 6) is 0.0804. The molecule has 54 valence electrons. The fourth-order valence-corrected chi connectivity index (χ4v) is 0.361. The minimum Gasteiger partial charge on any atom is -0.484 e. The molecule has 0 rings (SSSR count). The Morgan fingerprint density at radius 3 is 2.78 bits per heavy atom. The third-order valence-electron chi connectivity index (χ3n) is 0.958. The Labute approximate surface area is 54.3 Å². The van der Waals surface area contributed by atoms with Gasteiger partial charge >= 0.3 is 0 Å². The predicted octanol–water partition coefficient (Wildman–Crippen LogP) is -0.462. The Balaban J connectivity index is 3.34. The van der Waals surface area contributed by atoms with E-state index in [1.807, 2.05) is 0 Å². The number of hydrogen-bond acceptors (Lipinski definition) is 4. The highest BCUT2D eigenvalue weighted by Crippen LogP contribution is 1.87. The van der Waals surface area contributed by atoms with E-state index in [1.165, 1.54) is 7.11 Å². The van der Waals surface area contributed by atoms with Crippen LogP contribution < -0.4 is 5.32 Å². The van der Waals surface area contributed by atoms with Gasteiger partial charge < -0.3 is 9.84 Å². The molecule has 0 aliphatic rings. The molecule has 0 fully saturated rings. The smallest absolute Gasteiger partial charge is 0.184 e. The first kappa shape index (κ1) is 8.39. The third kappa shape index (κ3) is 3.93. The molecule has 4 heteroatoms. The van der Waals surface area contributed by atoms with Crippen molar-refractivity contribution in [3.63, 3.8) is 0 Å². The van der Waals surface area contributed by atoms with Gasteiger partial charge in [0.1, 0.15) is 6.23 Å². The Bertz CT molecular complexity index is 95.0. The van der Waals surface area contributed by atoms with Crippen LogP contribution in [0, 0.1) is 5.41 Å². The van der Waals surface area contributed by atoms with E-state index in [4.69, 9.17) is 10.5 Å². The van der Waals surface area contributed by atoms with Crippen LogP contribution in [0.3, 0.4) is 0 Å². The van der Waals surface area contributed by atoms with Crippen molar-refractivity contribution in [2.75, 3.05) is 14.2 Å². The van der Waals surface area contributed by atoms with E-state index in [1.54, 1.807) is 7.05 Å². The second-order valence-corrected chi connectivity index (χ2v) is 1.64. The van der Waals surface area contributed by atoms with Crippen LogP contribution in [0.2, 0.25) is 0 Å². The number of aliphatic hydroxyl groups excluding tert-OH is 1. The molecule has 0 aromatic rings. The molecular formula is C5H12N2O2. The highest BCUT2D eigenvalue weighted by molar-refractivity contribution is 5.72. The summed E-state index contributed by atoms with van der Waals surface area (Å²) >= 11 is 0. The Morgan fingerprint density at radius 1 is 1.89 bits per heavy atom. The second kappa shape index (κ2) is 4.29. The van der Waals surface area contributed by atoms with Gasteiger partial charge in [0.05, 0.1) is 13.5 Å². The van der Waals surface area contributed by atoms with Gasteiger partial charge in [-0.2, -0.15) is 0 Å². The van der Waals surface area contributed by atoms with Crippen molar-refractivity contribution in [3.8, 4) is 0 Å². The maximum absolute atomic E-state index is 8.83. The van der Waals surface area contributed by atoms with Gasteiger partial charge in [0.2, 0.25) is 0 Å². The van der Waals surface area contributed by atoms with Gasteiger partial charge in [-0.1, -0.05) is 0 Å². The summed E-state index contributed by atoms with van der Waals surface area (Å²) in [6.07, 6.45) is -0.454. The van der Waals surface area contributed by atoms with Crippen LogP contribution in [0.5, 0.6) is 0 Å². The highest BCUT2D eigenvalue weighted by atomic mass is 16.5. The Morgan fingerprint density at radius 2 is 2.44 bits per heavy atom. The lowest BCUT2D eigenvalue weighted by Crippen LogP contribution is -2.27. The number of aliphatic hydroxyl groups is 1. The van der Waals surface area contributed by atoms with E-state index < -0.39 is 6.23 Å². The average Bonchev–Trinajstić information content (AvgIpc) is 1.87. The first-order valence-electron chi connectivity index (χ1n) is 2.67. The van der Waals surface area contributed by atoms with Crippen molar-refractivity contribution < 1.29 is 9.84 Å². The molecule has 0 aromatic heterocycles. The van der Waals surface area contributed by atoms with Gasteiger partial charge in [-0.25, -0.2) is 0 Å². The van der Waals surface area contributed by atoms with E-state index in [9.17, 15) is 0 Å². The van der Waals surface area contributed by atoms with E-state index in [2.05, 4.69) is 10.1 Å². The quantitative estimate of drug-likeness (QED) is 0.276. The van der Waals surface area contributed by atoms with Crippen molar-refractivity contribution in [2.45, 2.75) is 12.6 Å². The van der Waals surface area contributed by atoms with Gasteiger partial charge in [-0.3, -0.25) is 10.7 Å². The van der Waals surface area contributed by atoms with Gasteiger partial charge in [0.25, 0.3) is 0 Å². The SMILES string of the molecule is CNC(O)CC(=N)OC. The Kier molecular flexibility index (Phi) is 4.00. The van der Waals surface area contributed by atoms with Gasteiger partial charge in [-0.05, 0) is 7.05 Å². The first-order valence-corrected chi connectivity index (χ1v) is 2.67. The second-order valence-electron chi connectivity index (χ2n) is 1.64. The van der Waals surface area contributed by atoms with E-state index in [0.717, 1.165) is 0 Å². The summed E-state index contributed by atoms with van der Waals surface area (Å²) in [5.41, 5.74) is 0. The molecule has 1 atom stereocenters. The van der Waals surface area contributed by atoms with E-state index >= 15 is 0 Å². The zero-order valence-corrected chi connectivity index (χ0v) is 5.64. The highest BCUT2D eigenvalue weighted by Gasteiger charge is 2.02. The molecule has 3 N–H and O–H groups in total. The molecule has 0 saturated carbocycles. The number of hydrogen-bond donors (Lipinski definition) is 3. The predicted molar refractivity (Wildman–Crippen MR) is 34.4 cm³/mol. The lowest BCUT2D eigenvalue weighted by atomic mass is 10.4. The summed E-state index contributed by atoms with van der Waals surface area (Å²) in [7, 11) is 3.03. The lowest BCUT2D eigenvalue weighted by molar-refractivity contribution is 0.147. The van der Waals surface area contributed by atoms with Crippen molar-refractivity contribution in [1.29, 1.82) is 5.41 Å². The summed E-state index contributed by atoms with van der Waals surface area (Å²) in [6, 6.07) is 0. The van der Waals surface area contributed by atoms with Crippen LogP contribution in [0.25, 0.3) is 0 Å². The number of nitrogens with one attached hydrogen (secondary N) is 2. The molecule has 0 bridgehead atoms. The maximum Gasteiger partial charge on any atom is 0.184 e. The van der Waals surface area contributed by atoms with Crippen LogP contribution in [0.15, 0.2) is 0 Å². The summed E-state index contributed by atoms with van der Waals surface area (Å²) in [5, 5.41) is 18.3. The minimum absolute atomic E-state index is 0.0804. The number of rotatable bonds is 3. The number of methoxy groups -OCH3 is 1. The molecular weight excluding hydrogens is 120 g/mol. The van der Waals surface area contributed by atoms with Crippen LogP contribution >= 0.6 is 0 Å². The third-order valence-corrected chi connectivity index (χ3v) is 0.958. The average molecular weight is 132 g/mol. The largest absolute Gasteiger partial charge is 0.484 e. The van der Waals surface area contributed by atoms with Crippen LogP contribution in [-0.4, -0.2) is 31.4 Å². The van der Waals surface area contributed by atoms with Crippen molar-refractivity contribution in [1.82, 2.24) is 5.32 Å². The minimum atomic E-state index is -0.669. The lowest BCUT2D eigenvalue weighted by Gasteiger charge is -2.07. The monoisotopic (exact) mass is 132 g/mol. The van der Waals surface area contributed by atoms with Crippen molar-refractivity contribution >= 4 is 5.90 Å². The van der Waals surface area contributed by atoms with Crippen LogP contribution in [-0.2, 0) is 4.74 Å². The molecule has 1 unspecified atom stereocenters. The fraction of sp³-hybridized carbons (Fsp3) is 0.800. The first-order chi connectivity index (χ1) is 4.20. The van der Waals surface area contributed by atoms with Crippen molar-refractivity contribution in [2.24, 2.45) is 0 Å². The summed E-state index contributed by atoms with van der Waals surface area (Å²) < 4.78 is 4.51. The zero-order valence-electron chi connectivity index (χ0n) is 5.64. The van der Waals surface area contributed by atoms with Gasteiger partial charge in [-0.15, -0.1) is 0 Å². The maximum atomic E-state index is 8.83. The molecule has 0 aromatic carbocycles. The van der Waals surface area contributed by atoms with Crippen LogP contribution in [0.1, 0.15) is 6.42 Å². The van der Waals surface area contributed by atoms with E-state index in [-0.39, 0.29) is 12.3 Å². The Hall–Kier alpha value is -0.610. The molecule has 0 aliphatic heterocycles. The molecule has 0 aliphatic carbocycles. The van der Waals surface area contributed by atoms with Crippen molar-refractivity contribution in [3.05, 3.63) is 0 Å². The molecule has 9 heavy (non-hydrogen) atoms. The van der Waals surface area contributed by atoms with Gasteiger partial charge in [0, 0.05) is 0 Å². The topological polar surface area (TPSA) is 65.3 Å². The molecule has 0 heterocycles. The zero-order chi connectivity index (χ0) is 7.28. The molecule has 0 spiro atoms.